The lowest BCUT2D eigenvalue weighted by atomic mass is 10.1. The highest BCUT2D eigenvalue weighted by atomic mass is 19.4. The molecule has 1 unspecified atom stereocenters. The van der Waals surface area contributed by atoms with Gasteiger partial charge in [-0.3, -0.25) is 4.79 Å². The topological polar surface area (TPSA) is 71.5 Å². The number of nitrogens with one attached hydrogen (secondary N) is 1. The monoisotopic (exact) mass is 320 g/mol. The molecule has 2 N–H and O–H groups in total. The third-order valence-corrected chi connectivity index (χ3v) is 2.63. The predicted molar refractivity (Wildman–Crippen MR) is 73.6 cm³/mol. The highest BCUT2D eigenvalue weighted by molar-refractivity contribution is 5.96. The van der Waals surface area contributed by atoms with Gasteiger partial charge in [-0.25, -0.2) is 4.98 Å². The van der Waals surface area contributed by atoms with E-state index < -0.39 is 30.7 Å². The number of carbonyl (C=O) groups is 1. The number of aliphatic hydroxyl groups is 1. The average molecular weight is 320 g/mol. The zero-order valence-corrected chi connectivity index (χ0v) is 12.4. The third-order valence-electron chi connectivity index (χ3n) is 2.63. The first kappa shape index (κ1) is 18.2. The van der Waals surface area contributed by atoms with E-state index in [1.54, 1.807) is 0 Å². The molecule has 0 aliphatic heterocycles. The van der Waals surface area contributed by atoms with Gasteiger partial charge >= 0.3 is 6.18 Å². The SMILES string of the molecule is CC(C)CC(O)CNC(=O)c1cccnc1OCC(F)(F)F. The second-order valence-electron chi connectivity index (χ2n) is 5.25. The second kappa shape index (κ2) is 7.98. The first-order chi connectivity index (χ1) is 10.2. The molecule has 0 bridgehead atoms. The molecular weight excluding hydrogens is 301 g/mol. The van der Waals surface area contributed by atoms with Gasteiger partial charge in [0.1, 0.15) is 5.56 Å². The van der Waals surface area contributed by atoms with Crippen molar-refractivity contribution < 1.29 is 27.8 Å². The summed E-state index contributed by atoms with van der Waals surface area (Å²) in [4.78, 5) is 15.6. The van der Waals surface area contributed by atoms with Crippen LogP contribution in [-0.4, -0.2) is 41.4 Å². The van der Waals surface area contributed by atoms with Crippen LogP contribution >= 0.6 is 0 Å². The summed E-state index contributed by atoms with van der Waals surface area (Å²) in [5.41, 5.74) is -0.108. The molecule has 1 amide bonds. The molecule has 0 saturated carbocycles. The summed E-state index contributed by atoms with van der Waals surface area (Å²) in [7, 11) is 0. The molecule has 22 heavy (non-hydrogen) atoms. The number of hydrogen-bond acceptors (Lipinski definition) is 4. The highest BCUT2D eigenvalue weighted by Crippen LogP contribution is 2.19. The van der Waals surface area contributed by atoms with Gasteiger partial charge < -0.3 is 15.2 Å². The van der Waals surface area contributed by atoms with E-state index in [9.17, 15) is 23.1 Å². The summed E-state index contributed by atoms with van der Waals surface area (Å²) < 4.78 is 41.0. The number of aromatic nitrogens is 1. The van der Waals surface area contributed by atoms with E-state index >= 15 is 0 Å². The zero-order chi connectivity index (χ0) is 16.8. The Morgan fingerprint density at radius 1 is 1.45 bits per heavy atom. The fourth-order valence-electron chi connectivity index (χ4n) is 1.76. The summed E-state index contributed by atoms with van der Waals surface area (Å²) in [5.74, 6) is -0.778. The fourth-order valence-corrected chi connectivity index (χ4v) is 1.76. The Kier molecular flexibility index (Phi) is 6.61. The summed E-state index contributed by atoms with van der Waals surface area (Å²) in [5, 5.41) is 12.1. The molecule has 124 valence electrons. The Bertz CT molecular complexity index is 492. The van der Waals surface area contributed by atoms with E-state index in [-0.39, 0.29) is 18.0 Å². The van der Waals surface area contributed by atoms with Crippen LogP contribution in [0.4, 0.5) is 13.2 Å². The average Bonchev–Trinajstić information content (AvgIpc) is 2.41. The minimum Gasteiger partial charge on any atom is -0.467 e. The van der Waals surface area contributed by atoms with Crippen molar-refractivity contribution in [1.82, 2.24) is 10.3 Å². The van der Waals surface area contributed by atoms with Crippen molar-refractivity contribution in [2.45, 2.75) is 32.5 Å². The summed E-state index contributed by atoms with van der Waals surface area (Å²) in [6.45, 7) is 2.33. The van der Waals surface area contributed by atoms with Crippen molar-refractivity contribution in [1.29, 1.82) is 0 Å². The van der Waals surface area contributed by atoms with Gasteiger partial charge in [-0.2, -0.15) is 13.2 Å². The minimum atomic E-state index is -4.52. The number of pyridine rings is 1. The maximum atomic E-state index is 12.2. The Labute approximate surface area is 126 Å². The molecule has 5 nitrogen and oxygen atoms in total. The van der Waals surface area contributed by atoms with Crippen molar-refractivity contribution in [3.05, 3.63) is 23.9 Å². The second-order valence-corrected chi connectivity index (χ2v) is 5.25. The van der Waals surface area contributed by atoms with Crippen LogP contribution in [-0.2, 0) is 0 Å². The third kappa shape index (κ3) is 6.75. The number of halogens is 3. The highest BCUT2D eigenvalue weighted by Gasteiger charge is 2.29. The van der Waals surface area contributed by atoms with E-state index in [1.165, 1.54) is 18.3 Å². The van der Waals surface area contributed by atoms with E-state index in [0.717, 1.165) is 0 Å². The molecule has 1 aromatic heterocycles. The number of carbonyl (C=O) groups excluding carboxylic acids is 1. The lowest BCUT2D eigenvalue weighted by molar-refractivity contribution is -0.154. The number of nitrogens with zero attached hydrogens (tertiary/aromatic N) is 1. The van der Waals surface area contributed by atoms with Crippen LogP contribution in [0.3, 0.4) is 0 Å². The molecule has 0 aliphatic carbocycles. The van der Waals surface area contributed by atoms with Crippen LogP contribution in [0.15, 0.2) is 18.3 Å². The molecule has 0 spiro atoms. The molecule has 1 aromatic rings. The van der Waals surface area contributed by atoms with E-state index in [2.05, 4.69) is 15.0 Å². The number of amides is 1. The number of aliphatic hydroxyl groups excluding tert-OH is 1. The van der Waals surface area contributed by atoms with Gasteiger partial charge in [0, 0.05) is 12.7 Å². The van der Waals surface area contributed by atoms with E-state index in [1.807, 2.05) is 13.8 Å². The number of alkyl halides is 3. The molecule has 1 atom stereocenters. The molecule has 8 heteroatoms. The molecule has 0 fully saturated rings. The molecule has 1 rings (SSSR count). The van der Waals surface area contributed by atoms with Crippen molar-refractivity contribution >= 4 is 5.91 Å². The van der Waals surface area contributed by atoms with Gasteiger partial charge in [0.25, 0.3) is 5.91 Å². The van der Waals surface area contributed by atoms with Crippen LogP contribution in [0, 0.1) is 5.92 Å². The van der Waals surface area contributed by atoms with Crippen molar-refractivity contribution in [2.75, 3.05) is 13.2 Å². The normalized spacial score (nSPS) is 13.0. The minimum absolute atomic E-state index is 0.00458. The van der Waals surface area contributed by atoms with Crippen LogP contribution in [0.2, 0.25) is 0 Å². The Balaban J connectivity index is 2.65. The first-order valence-corrected chi connectivity index (χ1v) is 6.80. The van der Waals surface area contributed by atoms with Crippen LogP contribution in [0.25, 0.3) is 0 Å². The zero-order valence-electron chi connectivity index (χ0n) is 12.4. The van der Waals surface area contributed by atoms with Crippen molar-refractivity contribution in [3.8, 4) is 5.88 Å². The fraction of sp³-hybridized carbons (Fsp3) is 0.571. The van der Waals surface area contributed by atoms with Gasteiger partial charge in [-0.1, -0.05) is 13.8 Å². The van der Waals surface area contributed by atoms with E-state index in [4.69, 9.17) is 0 Å². The van der Waals surface area contributed by atoms with Gasteiger partial charge in [-0.05, 0) is 24.5 Å². The number of ether oxygens (including phenoxy) is 1. The molecule has 0 aromatic carbocycles. The van der Waals surface area contributed by atoms with Crippen LogP contribution in [0.5, 0.6) is 5.88 Å². The Morgan fingerprint density at radius 2 is 2.14 bits per heavy atom. The smallest absolute Gasteiger partial charge is 0.422 e. The summed E-state index contributed by atoms with van der Waals surface area (Å²) in [6.07, 6.45) is -3.50. The molecule has 0 saturated heterocycles. The first-order valence-electron chi connectivity index (χ1n) is 6.80. The van der Waals surface area contributed by atoms with Crippen molar-refractivity contribution in [2.24, 2.45) is 5.92 Å². The van der Waals surface area contributed by atoms with E-state index in [0.29, 0.717) is 6.42 Å². The molecule has 1 heterocycles. The Hall–Kier alpha value is -1.83. The molecule has 0 radical (unpaired) electrons. The summed E-state index contributed by atoms with van der Waals surface area (Å²) >= 11 is 0. The van der Waals surface area contributed by atoms with Gasteiger partial charge in [0.15, 0.2) is 6.61 Å². The lowest BCUT2D eigenvalue weighted by Crippen LogP contribution is -2.33. The van der Waals surface area contributed by atoms with Crippen LogP contribution < -0.4 is 10.1 Å². The molecular formula is C14H19F3N2O3. The van der Waals surface area contributed by atoms with Gasteiger partial charge in [0.05, 0.1) is 6.10 Å². The van der Waals surface area contributed by atoms with Crippen LogP contribution in [0.1, 0.15) is 30.6 Å². The maximum absolute atomic E-state index is 12.2. The van der Waals surface area contributed by atoms with Gasteiger partial charge in [0.2, 0.25) is 5.88 Å². The summed E-state index contributed by atoms with van der Waals surface area (Å²) in [6, 6.07) is 2.72. The number of hydrogen-bond donors (Lipinski definition) is 2. The quantitative estimate of drug-likeness (QED) is 0.807. The van der Waals surface area contributed by atoms with Crippen molar-refractivity contribution in [3.63, 3.8) is 0 Å². The number of rotatable bonds is 7. The standard InChI is InChI=1S/C14H19F3N2O3/c1-9(2)6-10(20)7-19-12(21)11-4-3-5-18-13(11)22-8-14(15,16)17/h3-5,9-10,20H,6-8H2,1-2H3,(H,19,21). The predicted octanol–water partition coefficient (Wildman–Crippen LogP) is 2.16. The lowest BCUT2D eigenvalue weighted by Gasteiger charge is -2.15. The van der Waals surface area contributed by atoms with Gasteiger partial charge in [-0.15, -0.1) is 0 Å². The molecule has 0 aliphatic rings. The Morgan fingerprint density at radius 3 is 2.73 bits per heavy atom. The maximum Gasteiger partial charge on any atom is 0.422 e. The largest absolute Gasteiger partial charge is 0.467 e.